The number of carbonyl (C=O) groups is 3. The van der Waals surface area contributed by atoms with Crippen molar-refractivity contribution >= 4 is 23.6 Å². The lowest BCUT2D eigenvalue weighted by Gasteiger charge is -2.36. The second-order valence-electron chi connectivity index (χ2n) is 10.5. The molecule has 202 valence electrons. The minimum absolute atomic E-state index is 0.233. The van der Waals surface area contributed by atoms with Gasteiger partial charge in [-0.1, -0.05) is 60.7 Å². The van der Waals surface area contributed by atoms with Crippen molar-refractivity contribution < 1.29 is 23.9 Å². The zero-order valence-electron chi connectivity index (χ0n) is 22.5. The molecule has 1 fully saturated rings. The van der Waals surface area contributed by atoms with Crippen molar-refractivity contribution in [1.82, 2.24) is 5.01 Å². The van der Waals surface area contributed by atoms with E-state index in [2.05, 4.69) is 0 Å². The van der Waals surface area contributed by atoms with Gasteiger partial charge >= 0.3 is 0 Å². The summed E-state index contributed by atoms with van der Waals surface area (Å²) >= 11 is 0. The van der Waals surface area contributed by atoms with Crippen LogP contribution in [0.2, 0.25) is 0 Å². The molecule has 7 rings (SSSR count). The third-order valence-corrected chi connectivity index (χ3v) is 8.69. The molecule has 1 spiro atoms. The predicted octanol–water partition coefficient (Wildman–Crippen LogP) is 5.51. The zero-order valence-corrected chi connectivity index (χ0v) is 22.5. The Morgan fingerprint density at radius 3 is 1.93 bits per heavy atom. The van der Waals surface area contributed by atoms with E-state index < -0.39 is 23.4 Å². The average Bonchev–Trinajstić information content (AvgIpc) is 3.47. The number of Topliss-reactive ketones (excluding diaryl/α,β-unsaturated/α-hetero) is 3. The van der Waals surface area contributed by atoms with E-state index >= 15 is 0 Å². The Balaban J connectivity index is 1.52. The number of methoxy groups -OCH3 is 2. The van der Waals surface area contributed by atoms with E-state index in [0.717, 1.165) is 11.1 Å². The molecule has 4 aromatic carbocycles. The van der Waals surface area contributed by atoms with E-state index in [1.807, 2.05) is 36.4 Å². The van der Waals surface area contributed by atoms with Crippen molar-refractivity contribution in [2.45, 2.75) is 18.0 Å². The van der Waals surface area contributed by atoms with E-state index in [9.17, 15) is 14.4 Å². The van der Waals surface area contributed by atoms with Gasteiger partial charge in [0.25, 0.3) is 0 Å². The highest BCUT2D eigenvalue weighted by Gasteiger charge is 2.72. The minimum Gasteiger partial charge on any atom is -0.497 e. The molecule has 1 aliphatic carbocycles. The van der Waals surface area contributed by atoms with Gasteiger partial charge in [-0.05, 0) is 53.1 Å². The van der Waals surface area contributed by atoms with Gasteiger partial charge in [-0.2, -0.15) is 5.10 Å². The normalized spacial score (nSPS) is 21.4. The number of hydrogen-bond acceptors (Lipinski definition) is 7. The van der Waals surface area contributed by atoms with Crippen molar-refractivity contribution in [3.63, 3.8) is 0 Å². The molecule has 0 aromatic heterocycles. The van der Waals surface area contributed by atoms with Crippen LogP contribution in [0.4, 0.5) is 0 Å². The summed E-state index contributed by atoms with van der Waals surface area (Å²) in [5.74, 6) is -0.383. The van der Waals surface area contributed by atoms with E-state index in [0.29, 0.717) is 33.8 Å². The highest BCUT2D eigenvalue weighted by Crippen LogP contribution is 2.64. The third-order valence-electron chi connectivity index (χ3n) is 8.69. The molecule has 41 heavy (non-hydrogen) atoms. The Morgan fingerprint density at radius 1 is 0.756 bits per heavy atom. The molecule has 3 atom stereocenters. The summed E-state index contributed by atoms with van der Waals surface area (Å²) in [6, 6.07) is 27.0. The number of rotatable bonds is 5. The van der Waals surface area contributed by atoms with Gasteiger partial charge in [0.2, 0.25) is 0 Å². The maximum atomic E-state index is 14.7. The average molecular weight is 543 g/mol. The van der Waals surface area contributed by atoms with Crippen LogP contribution in [0.25, 0.3) is 0 Å². The van der Waals surface area contributed by atoms with Gasteiger partial charge < -0.3 is 9.47 Å². The van der Waals surface area contributed by atoms with Crippen LogP contribution in [0.1, 0.15) is 59.7 Å². The fourth-order valence-corrected chi connectivity index (χ4v) is 6.89. The Kier molecular flexibility index (Phi) is 5.64. The van der Waals surface area contributed by atoms with Crippen molar-refractivity contribution in [2.24, 2.45) is 10.5 Å². The molecule has 0 saturated carbocycles. The molecular formula is C34H26N2O5. The molecule has 7 nitrogen and oxygen atoms in total. The highest BCUT2D eigenvalue weighted by atomic mass is 16.5. The number of hydrazone groups is 1. The van der Waals surface area contributed by atoms with Gasteiger partial charge in [-0.3, -0.25) is 19.4 Å². The standard InChI is InChI=1S/C34H26N2O5/c1-40-23-15-11-20(12-16-23)28-29(30(37)21-13-17-24(41-2)18-14-21)36-31(25-8-4-3-7-22(25)19-35-36)34(28)32(38)26-9-5-6-10-27(26)33(34)39/h3-19,28-29,31H,1-2H3/t28-,29+,31?/m1/s1. The van der Waals surface area contributed by atoms with Gasteiger partial charge in [0, 0.05) is 22.6 Å². The number of benzene rings is 4. The molecule has 0 amide bonds. The van der Waals surface area contributed by atoms with Crippen molar-refractivity contribution in [3.8, 4) is 11.5 Å². The summed E-state index contributed by atoms with van der Waals surface area (Å²) in [7, 11) is 3.14. The first-order valence-electron chi connectivity index (χ1n) is 13.4. The van der Waals surface area contributed by atoms with Crippen LogP contribution >= 0.6 is 0 Å². The lowest BCUT2D eigenvalue weighted by atomic mass is 9.63. The quantitative estimate of drug-likeness (QED) is 0.244. The van der Waals surface area contributed by atoms with Crippen LogP contribution in [0, 0.1) is 5.41 Å². The first-order chi connectivity index (χ1) is 20.0. The monoisotopic (exact) mass is 542 g/mol. The lowest BCUT2D eigenvalue weighted by Crippen LogP contribution is -2.43. The Morgan fingerprint density at radius 2 is 1.32 bits per heavy atom. The van der Waals surface area contributed by atoms with Crippen molar-refractivity contribution in [2.75, 3.05) is 14.2 Å². The summed E-state index contributed by atoms with van der Waals surface area (Å²) in [6.45, 7) is 0. The topological polar surface area (TPSA) is 85.3 Å². The maximum Gasteiger partial charge on any atom is 0.187 e. The number of fused-ring (bicyclic) bond motifs is 5. The first-order valence-corrected chi connectivity index (χ1v) is 13.4. The largest absolute Gasteiger partial charge is 0.497 e. The summed E-state index contributed by atoms with van der Waals surface area (Å²) < 4.78 is 10.7. The van der Waals surface area contributed by atoms with Crippen LogP contribution in [0.15, 0.2) is 102 Å². The molecule has 2 heterocycles. The molecule has 0 bridgehead atoms. The molecule has 0 N–H and O–H groups in total. The zero-order chi connectivity index (χ0) is 28.3. The number of nitrogens with zero attached hydrogens (tertiary/aromatic N) is 2. The lowest BCUT2D eigenvalue weighted by molar-refractivity contribution is 0.0586. The van der Waals surface area contributed by atoms with Gasteiger partial charge in [0.15, 0.2) is 17.3 Å². The molecule has 1 unspecified atom stereocenters. The number of carbonyl (C=O) groups excluding carboxylic acids is 3. The second kappa shape index (κ2) is 9.27. The Bertz CT molecular complexity index is 1710. The summed E-state index contributed by atoms with van der Waals surface area (Å²) in [5, 5.41) is 6.49. The van der Waals surface area contributed by atoms with Crippen LogP contribution in [0.5, 0.6) is 11.5 Å². The van der Waals surface area contributed by atoms with E-state index in [-0.39, 0.29) is 17.3 Å². The Hall–Kier alpha value is -5.04. The molecule has 3 aliphatic rings. The van der Waals surface area contributed by atoms with E-state index in [4.69, 9.17) is 14.6 Å². The fraction of sp³-hybridized carbons (Fsp3) is 0.176. The van der Waals surface area contributed by atoms with Gasteiger partial charge in [0.1, 0.15) is 23.0 Å². The van der Waals surface area contributed by atoms with Crippen molar-refractivity contribution in [3.05, 3.63) is 130 Å². The fourth-order valence-electron chi connectivity index (χ4n) is 6.89. The smallest absolute Gasteiger partial charge is 0.187 e. The summed E-state index contributed by atoms with van der Waals surface area (Å²) in [4.78, 5) is 44.0. The number of ketones is 3. The van der Waals surface area contributed by atoms with E-state index in [1.54, 1.807) is 86.1 Å². The van der Waals surface area contributed by atoms with Crippen LogP contribution in [-0.2, 0) is 0 Å². The third kappa shape index (κ3) is 3.38. The summed E-state index contributed by atoms with van der Waals surface area (Å²) in [6.07, 6.45) is 1.71. The number of ether oxygens (including phenoxy) is 2. The molecule has 4 aromatic rings. The molecule has 2 aliphatic heterocycles. The molecule has 0 radical (unpaired) electrons. The van der Waals surface area contributed by atoms with Gasteiger partial charge in [0.05, 0.1) is 26.5 Å². The molecular weight excluding hydrogens is 516 g/mol. The molecule has 1 saturated heterocycles. The summed E-state index contributed by atoms with van der Waals surface area (Å²) in [5.41, 5.74) is 1.88. The van der Waals surface area contributed by atoms with Gasteiger partial charge in [-0.25, -0.2) is 0 Å². The predicted molar refractivity (Wildman–Crippen MR) is 153 cm³/mol. The van der Waals surface area contributed by atoms with Gasteiger partial charge in [-0.15, -0.1) is 0 Å². The second-order valence-corrected chi connectivity index (χ2v) is 10.5. The first kappa shape index (κ1) is 25.0. The van der Waals surface area contributed by atoms with Crippen LogP contribution < -0.4 is 9.47 Å². The van der Waals surface area contributed by atoms with E-state index in [1.165, 1.54) is 0 Å². The van der Waals surface area contributed by atoms with Crippen LogP contribution in [0.3, 0.4) is 0 Å². The highest BCUT2D eigenvalue weighted by molar-refractivity contribution is 6.31. The van der Waals surface area contributed by atoms with Crippen molar-refractivity contribution in [1.29, 1.82) is 0 Å². The number of hydrogen-bond donors (Lipinski definition) is 0. The molecule has 7 heteroatoms. The maximum absolute atomic E-state index is 14.7. The SMILES string of the molecule is COc1ccc(C(=O)[C@@H]2[C@@H](c3ccc(OC)cc3)C3(C(=O)c4ccccc4C3=O)C3c4ccccc4C=NN32)cc1. The minimum atomic E-state index is -1.61. The Labute approximate surface area is 237 Å². The van der Waals surface area contributed by atoms with Crippen LogP contribution in [-0.4, -0.2) is 48.8 Å².